The lowest BCUT2D eigenvalue weighted by molar-refractivity contribution is -0.141. The summed E-state index contributed by atoms with van der Waals surface area (Å²) < 4.78 is 60.2. The molecule has 0 radical (unpaired) electrons. The van der Waals surface area contributed by atoms with Crippen molar-refractivity contribution in [2.45, 2.75) is 41.6 Å². The summed E-state index contributed by atoms with van der Waals surface area (Å²) in [5, 5.41) is 11.8. The number of hydrogen-bond donors (Lipinski definition) is 1. The van der Waals surface area contributed by atoms with Crippen molar-refractivity contribution in [3.63, 3.8) is 0 Å². The molecule has 17 heteroatoms. The Kier molecular flexibility index (Phi) is 8.54. The highest BCUT2D eigenvalue weighted by Crippen LogP contribution is 2.66. The molecule has 4 amide bonds. The number of rotatable bonds is 6. The number of phenols is 1. The van der Waals surface area contributed by atoms with E-state index in [1.807, 2.05) is 0 Å². The zero-order chi connectivity index (χ0) is 37.7. The molecule has 6 atom stereocenters. The molecular weight excluding hydrogens is 755 g/mol. The van der Waals surface area contributed by atoms with Gasteiger partial charge in [-0.15, -0.1) is 23.2 Å². The van der Waals surface area contributed by atoms with Crippen molar-refractivity contribution in [1.29, 1.82) is 0 Å². The summed E-state index contributed by atoms with van der Waals surface area (Å²) in [6, 6.07) is 10.4. The number of aromatic nitrogens is 1. The van der Waals surface area contributed by atoms with Crippen molar-refractivity contribution in [3.05, 3.63) is 88.3 Å². The molecule has 3 fully saturated rings. The van der Waals surface area contributed by atoms with Crippen LogP contribution in [0.3, 0.4) is 0 Å². The van der Waals surface area contributed by atoms with Crippen LogP contribution in [-0.2, 0) is 25.4 Å². The van der Waals surface area contributed by atoms with Crippen LogP contribution in [0.5, 0.6) is 11.5 Å². The number of phenolic OH excluding ortho intramolecular Hbond substituents is 1. The van der Waals surface area contributed by atoms with E-state index in [-0.39, 0.29) is 35.2 Å². The fourth-order valence-corrected chi connectivity index (χ4v) is 9.11. The van der Waals surface area contributed by atoms with Gasteiger partial charge in [0.25, 0.3) is 23.6 Å². The lowest BCUT2D eigenvalue weighted by atomic mass is 9.56. The third-order valence-corrected chi connectivity index (χ3v) is 11.9. The summed E-state index contributed by atoms with van der Waals surface area (Å²) in [5.41, 5.74) is -0.607. The summed E-state index contributed by atoms with van der Waals surface area (Å²) in [7, 11) is 1.18. The van der Waals surface area contributed by atoms with Crippen LogP contribution in [0.1, 0.15) is 36.9 Å². The highest BCUT2D eigenvalue weighted by Gasteiger charge is 2.76. The van der Waals surface area contributed by atoms with Gasteiger partial charge in [0.1, 0.15) is 11.5 Å². The lowest BCUT2D eigenvalue weighted by Gasteiger charge is -2.50. The molecule has 2 aliphatic heterocycles. The number of halogens is 7. The molecule has 10 nitrogen and oxygen atoms in total. The van der Waals surface area contributed by atoms with Crippen molar-refractivity contribution < 1.29 is 46.6 Å². The first kappa shape index (κ1) is 36.0. The second kappa shape index (κ2) is 12.3. The third kappa shape index (κ3) is 5.08. The Morgan fingerprint density at radius 1 is 1.00 bits per heavy atom. The Labute approximate surface area is 308 Å². The monoisotopic (exact) mass is 780 g/mol. The zero-order valence-corrected chi connectivity index (χ0v) is 29.4. The van der Waals surface area contributed by atoms with Gasteiger partial charge in [0.15, 0.2) is 27.1 Å². The first-order valence-corrected chi connectivity index (χ1v) is 17.1. The average molecular weight is 782 g/mol. The highest BCUT2D eigenvalue weighted by atomic mass is 35.5. The first-order valence-electron chi connectivity index (χ1n) is 16.0. The summed E-state index contributed by atoms with van der Waals surface area (Å²) >= 11 is 20.9. The number of nitrogens with zero attached hydrogens (tertiary/aromatic N) is 4. The van der Waals surface area contributed by atoms with E-state index in [0.717, 1.165) is 28.1 Å². The minimum Gasteiger partial charge on any atom is -0.504 e. The van der Waals surface area contributed by atoms with E-state index in [9.17, 15) is 41.8 Å². The summed E-state index contributed by atoms with van der Waals surface area (Å²) in [4.78, 5) is 57.2. The molecule has 1 saturated carbocycles. The number of amides is 4. The van der Waals surface area contributed by atoms with Crippen LogP contribution in [0.25, 0.3) is 0 Å². The predicted molar refractivity (Wildman–Crippen MR) is 180 cm³/mol. The van der Waals surface area contributed by atoms with Crippen LogP contribution in [0.15, 0.2) is 66.2 Å². The number of carbonyl (C=O) groups excluding carboxylic acids is 4. The number of imide groups is 2. The van der Waals surface area contributed by atoms with Gasteiger partial charge in [-0.2, -0.15) is 18.2 Å². The average Bonchev–Trinajstić information content (AvgIpc) is 3.43. The van der Waals surface area contributed by atoms with Gasteiger partial charge in [-0.1, -0.05) is 29.3 Å². The van der Waals surface area contributed by atoms with E-state index < -0.39 is 87.0 Å². The topological polar surface area (TPSA) is 120 Å². The number of ether oxygens (including phenoxy) is 1. The number of allylic oxidation sites excluding steroid dienone is 2. The smallest absolute Gasteiger partial charge is 0.433 e. The molecule has 2 saturated heterocycles. The first-order chi connectivity index (χ1) is 24.4. The van der Waals surface area contributed by atoms with Gasteiger partial charge in [0.2, 0.25) is 0 Å². The number of hydrogen-bond acceptors (Lipinski definition) is 8. The third-order valence-electron chi connectivity index (χ3n) is 10.2. The Balaban J connectivity index is 1.36. The minimum absolute atomic E-state index is 0.00877. The van der Waals surface area contributed by atoms with Gasteiger partial charge in [0.05, 0.1) is 29.2 Å². The Bertz CT molecular complexity index is 2080. The molecule has 0 unspecified atom stereocenters. The van der Waals surface area contributed by atoms with Crippen molar-refractivity contribution in [3.8, 4) is 11.5 Å². The molecule has 2 aromatic carbocycles. The van der Waals surface area contributed by atoms with E-state index in [4.69, 9.17) is 39.5 Å². The molecule has 2 aliphatic carbocycles. The second-order valence-electron chi connectivity index (χ2n) is 12.9. The van der Waals surface area contributed by atoms with Crippen molar-refractivity contribution in [2.75, 3.05) is 23.6 Å². The second-order valence-corrected chi connectivity index (χ2v) is 14.6. The van der Waals surface area contributed by atoms with Crippen LogP contribution in [0.4, 0.5) is 29.1 Å². The number of anilines is 2. The predicted octanol–water partition coefficient (Wildman–Crippen LogP) is 6.61. The van der Waals surface area contributed by atoms with Crippen LogP contribution < -0.4 is 14.6 Å². The van der Waals surface area contributed by atoms with Gasteiger partial charge in [0, 0.05) is 13.0 Å². The molecule has 1 aromatic heterocycles. The van der Waals surface area contributed by atoms with Crippen LogP contribution >= 0.6 is 34.8 Å². The molecule has 7 rings (SSSR count). The molecule has 52 heavy (non-hydrogen) atoms. The summed E-state index contributed by atoms with van der Waals surface area (Å²) in [5.74, 6) is -9.24. The number of benzene rings is 2. The molecule has 3 aromatic rings. The SMILES string of the molecule is CCOc1cc([C@H]2C3=CC[C@@H]4C(=O)N(N(C)c5nc(C(F)(F)F)ccc5Cl)C(=O)[C@@H]4[C@@H]3C[C@@]3(Cl)C(=O)N(c4ccc(F)cc4)C(=O)[C@@]23Cl)ccc1O. The largest absolute Gasteiger partial charge is 0.504 e. The van der Waals surface area contributed by atoms with Crippen molar-refractivity contribution >= 4 is 69.9 Å². The van der Waals surface area contributed by atoms with E-state index in [1.165, 1.54) is 37.4 Å². The molecule has 4 aliphatic rings. The Morgan fingerprint density at radius 3 is 2.35 bits per heavy atom. The number of carbonyl (C=O) groups is 4. The minimum atomic E-state index is -4.85. The van der Waals surface area contributed by atoms with E-state index in [2.05, 4.69) is 4.98 Å². The molecule has 1 N–H and O–H groups in total. The maximum atomic E-state index is 14.5. The van der Waals surface area contributed by atoms with E-state index in [0.29, 0.717) is 22.2 Å². The van der Waals surface area contributed by atoms with Gasteiger partial charge < -0.3 is 9.84 Å². The van der Waals surface area contributed by atoms with E-state index >= 15 is 0 Å². The lowest BCUT2D eigenvalue weighted by Crippen LogP contribution is -2.60. The number of hydrazine groups is 1. The quantitative estimate of drug-likeness (QED) is 0.129. The van der Waals surface area contributed by atoms with Gasteiger partial charge >= 0.3 is 6.18 Å². The Hall–Kier alpha value is -4.40. The summed E-state index contributed by atoms with van der Waals surface area (Å²) in [6.45, 7) is 1.84. The number of pyridine rings is 1. The molecule has 3 heterocycles. The number of fused-ring (bicyclic) bond motifs is 4. The van der Waals surface area contributed by atoms with Crippen molar-refractivity contribution in [1.82, 2.24) is 9.99 Å². The normalized spacial score (nSPS) is 28.4. The van der Waals surface area contributed by atoms with Gasteiger partial charge in [-0.3, -0.25) is 24.2 Å². The van der Waals surface area contributed by atoms with Crippen molar-refractivity contribution in [2.24, 2.45) is 17.8 Å². The fourth-order valence-electron chi connectivity index (χ4n) is 7.94. The number of aromatic hydroxyl groups is 1. The maximum absolute atomic E-state index is 14.5. The van der Waals surface area contributed by atoms with E-state index in [1.54, 1.807) is 13.0 Å². The Morgan fingerprint density at radius 2 is 1.69 bits per heavy atom. The van der Waals surface area contributed by atoms with Crippen LogP contribution in [-0.4, -0.2) is 62.1 Å². The maximum Gasteiger partial charge on any atom is 0.433 e. The molecule has 272 valence electrons. The molecule has 0 spiro atoms. The molecule has 0 bridgehead atoms. The summed E-state index contributed by atoms with van der Waals surface area (Å²) in [6.07, 6.45) is -3.64. The van der Waals surface area contributed by atoms with Gasteiger partial charge in [-0.05, 0) is 79.8 Å². The highest BCUT2D eigenvalue weighted by molar-refractivity contribution is 6.58. The zero-order valence-electron chi connectivity index (χ0n) is 27.1. The fraction of sp³-hybridized carbons (Fsp3) is 0.343. The number of alkyl halides is 5. The van der Waals surface area contributed by atoms with Crippen LogP contribution in [0.2, 0.25) is 5.02 Å². The molecular formula is C35H27Cl3F4N4O6. The van der Waals surface area contributed by atoms with Gasteiger partial charge in [-0.25, -0.2) is 14.3 Å². The standard InChI is InChI=1S/C35H27Cl3F4N4O6/c1-3-52-24-14-16(4-12-23(24)47)27-19-9-10-20-26(30(49)46(29(20)48)44(2)28-22(36)11-13-25(43-28)35(40,41)42)21(19)15-33(37)31(50)45(32(51)34(27,33)38)18-7-5-17(39)6-8-18/h4-9,11-14,20-21,26-27,47H,3,10,15H2,1-2H3/t20-,21+,26-,27-,33+,34-/m0/s1. The van der Waals surface area contributed by atoms with Crippen LogP contribution in [0, 0.1) is 23.6 Å².